The number of aryl methyl sites for hydroxylation is 2. The number of likely N-dealkylation sites (N-methyl/N-ethyl adjacent to an activating group) is 1. The van der Waals surface area contributed by atoms with E-state index in [2.05, 4.69) is 0 Å². The summed E-state index contributed by atoms with van der Waals surface area (Å²) in [6.45, 7) is 4.07. The lowest BCUT2D eigenvalue weighted by molar-refractivity contribution is 0.0999. The molecular weight excluding hydrogens is 340 g/mol. The average molecular weight is 362 g/mol. The largest absolute Gasteiger partial charge is 0.492 e. The quantitative estimate of drug-likeness (QED) is 0.817. The standard InChI is InChI=1S/C18H22N2O4S/c1-13-4-7-15(8-5-13)24-11-10-20(3)25(22,23)16-9-6-14(2)17(12-16)18(19)21/h4-9,12H,10-11H2,1-3H3,(H2,19,21). The third-order valence-corrected chi connectivity index (χ3v) is 5.73. The number of nitrogens with zero attached hydrogens (tertiary/aromatic N) is 1. The average Bonchev–Trinajstić information content (AvgIpc) is 2.56. The lowest BCUT2D eigenvalue weighted by Crippen LogP contribution is -2.31. The van der Waals surface area contributed by atoms with E-state index in [0.717, 1.165) is 5.56 Å². The highest BCUT2D eigenvalue weighted by atomic mass is 32.2. The Hall–Kier alpha value is -2.38. The summed E-state index contributed by atoms with van der Waals surface area (Å²) in [7, 11) is -2.26. The van der Waals surface area contributed by atoms with E-state index in [1.54, 1.807) is 13.0 Å². The molecule has 7 heteroatoms. The van der Waals surface area contributed by atoms with Crippen LogP contribution in [0.4, 0.5) is 0 Å². The number of rotatable bonds is 7. The lowest BCUT2D eigenvalue weighted by atomic mass is 10.1. The summed E-state index contributed by atoms with van der Waals surface area (Å²) in [4.78, 5) is 11.4. The Balaban J connectivity index is 2.07. The van der Waals surface area contributed by atoms with Crippen LogP contribution in [0.1, 0.15) is 21.5 Å². The normalized spacial score (nSPS) is 11.5. The number of carbonyl (C=O) groups excluding carboxylic acids is 1. The molecule has 1 amide bonds. The van der Waals surface area contributed by atoms with E-state index >= 15 is 0 Å². The summed E-state index contributed by atoms with van der Waals surface area (Å²) in [5, 5.41) is 0. The zero-order valence-electron chi connectivity index (χ0n) is 14.5. The van der Waals surface area contributed by atoms with Gasteiger partial charge in [-0.25, -0.2) is 8.42 Å². The van der Waals surface area contributed by atoms with Crippen LogP contribution >= 0.6 is 0 Å². The minimum Gasteiger partial charge on any atom is -0.492 e. The van der Waals surface area contributed by atoms with E-state index < -0.39 is 15.9 Å². The first-order chi connectivity index (χ1) is 11.7. The van der Waals surface area contributed by atoms with Crippen molar-refractivity contribution in [2.75, 3.05) is 20.2 Å². The topological polar surface area (TPSA) is 89.7 Å². The second-order valence-corrected chi connectivity index (χ2v) is 7.87. The molecule has 2 aromatic rings. The number of primary amides is 1. The van der Waals surface area contributed by atoms with Gasteiger partial charge in [0.2, 0.25) is 15.9 Å². The summed E-state index contributed by atoms with van der Waals surface area (Å²) in [6, 6.07) is 11.9. The summed E-state index contributed by atoms with van der Waals surface area (Å²) < 4.78 is 32.0. The van der Waals surface area contributed by atoms with Crippen molar-refractivity contribution >= 4 is 15.9 Å². The Kier molecular flexibility index (Phi) is 5.81. The fourth-order valence-corrected chi connectivity index (χ4v) is 3.44. The van der Waals surface area contributed by atoms with Crippen molar-refractivity contribution in [2.45, 2.75) is 18.7 Å². The van der Waals surface area contributed by atoms with Crippen LogP contribution < -0.4 is 10.5 Å². The predicted octanol–water partition coefficient (Wildman–Crippen LogP) is 2.10. The molecule has 6 nitrogen and oxygen atoms in total. The maximum atomic E-state index is 12.6. The third-order valence-electron chi connectivity index (χ3n) is 3.88. The Morgan fingerprint density at radius 2 is 1.76 bits per heavy atom. The molecule has 0 radical (unpaired) electrons. The second kappa shape index (κ2) is 7.67. The van der Waals surface area contributed by atoms with Gasteiger partial charge in [0.05, 0.1) is 4.90 Å². The van der Waals surface area contributed by atoms with E-state index in [9.17, 15) is 13.2 Å². The highest BCUT2D eigenvalue weighted by Gasteiger charge is 2.22. The van der Waals surface area contributed by atoms with Crippen molar-refractivity contribution in [3.63, 3.8) is 0 Å². The minimum atomic E-state index is -3.73. The lowest BCUT2D eigenvalue weighted by Gasteiger charge is -2.18. The molecule has 0 aliphatic heterocycles. The molecule has 0 unspecified atom stereocenters. The highest BCUT2D eigenvalue weighted by Crippen LogP contribution is 2.19. The van der Waals surface area contributed by atoms with Crippen LogP contribution in [0.25, 0.3) is 0 Å². The van der Waals surface area contributed by atoms with Gasteiger partial charge in [-0.2, -0.15) is 4.31 Å². The summed E-state index contributed by atoms with van der Waals surface area (Å²) in [5.41, 5.74) is 7.25. The van der Waals surface area contributed by atoms with Crippen LogP contribution in [0.3, 0.4) is 0 Å². The molecule has 134 valence electrons. The molecule has 0 heterocycles. The van der Waals surface area contributed by atoms with E-state index in [1.807, 2.05) is 31.2 Å². The molecule has 25 heavy (non-hydrogen) atoms. The molecule has 0 saturated carbocycles. The van der Waals surface area contributed by atoms with Gasteiger partial charge in [0.25, 0.3) is 0 Å². The fraction of sp³-hybridized carbons (Fsp3) is 0.278. The molecule has 0 aliphatic carbocycles. The molecule has 2 rings (SSSR count). The van der Waals surface area contributed by atoms with Gasteiger partial charge in [0.15, 0.2) is 0 Å². The SMILES string of the molecule is Cc1ccc(OCCN(C)S(=O)(=O)c2ccc(C)c(C(N)=O)c2)cc1. The van der Waals surface area contributed by atoms with Crippen LogP contribution in [0.5, 0.6) is 5.75 Å². The van der Waals surface area contributed by atoms with Crippen molar-refractivity contribution in [1.82, 2.24) is 4.31 Å². The van der Waals surface area contributed by atoms with E-state index in [4.69, 9.17) is 10.5 Å². The van der Waals surface area contributed by atoms with Crippen LogP contribution in [0, 0.1) is 13.8 Å². The second-order valence-electron chi connectivity index (χ2n) is 5.83. The molecule has 2 aromatic carbocycles. The van der Waals surface area contributed by atoms with Gasteiger partial charge in [-0.05, 0) is 43.7 Å². The molecule has 0 aromatic heterocycles. The molecule has 0 atom stereocenters. The van der Waals surface area contributed by atoms with Crippen LogP contribution in [0.15, 0.2) is 47.4 Å². The number of hydrogen-bond acceptors (Lipinski definition) is 4. The minimum absolute atomic E-state index is 0.0322. The number of nitrogens with two attached hydrogens (primary N) is 1. The van der Waals surface area contributed by atoms with Gasteiger partial charge in [-0.3, -0.25) is 4.79 Å². The molecule has 0 saturated heterocycles. The monoisotopic (exact) mass is 362 g/mol. The van der Waals surface area contributed by atoms with Crippen molar-refractivity contribution < 1.29 is 17.9 Å². The van der Waals surface area contributed by atoms with Gasteiger partial charge in [-0.15, -0.1) is 0 Å². The van der Waals surface area contributed by atoms with Gasteiger partial charge in [0, 0.05) is 19.2 Å². The van der Waals surface area contributed by atoms with Crippen molar-refractivity contribution in [1.29, 1.82) is 0 Å². The molecule has 0 spiro atoms. The first-order valence-corrected chi connectivity index (χ1v) is 9.22. The van der Waals surface area contributed by atoms with Gasteiger partial charge < -0.3 is 10.5 Å². The van der Waals surface area contributed by atoms with Gasteiger partial charge >= 0.3 is 0 Å². The van der Waals surface area contributed by atoms with Crippen molar-refractivity contribution in [2.24, 2.45) is 5.73 Å². The first kappa shape index (κ1) is 19.0. The number of amides is 1. The number of ether oxygens (including phenoxy) is 1. The van der Waals surface area contributed by atoms with Crippen molar-refractivity contribution in [3.8, 4) is 5.75 Å². The fourth-order valence-electron chi connectivity index (χ4n) is 2.25. The zero-order valence-corrected chi connectivity index (χ0v) is 15.3. The first-order valence-electron chi connectivity index (χ1n) is 7.78. The summed E-state index contributed by atoms with van der Waals surface area (Å²) in [5.74, 6) is 0.0302. The Labute approximate surface area is 148 Å². The highest BCUT2D eigenvalue weighted by molar-refractivity contribution is 7.89. The molecule has 2 N–H and O–H groups in total. The molecular formula is C18H22N2O4S. The van der Waals surface area contributed by atoms with E-state index in [0.29, 0.717) is 11.3 Å². The van der Waals surface area contributed by atoms with E-state index in [1.165, 1.54) is 23.5 Å². The Morgan fingerprint density at radius 3 is 2.36 bits per heavy atom. The molecule has 0 bridgehead atoms. The maximum Gasteiger partial charge on any atom is 0.249 e. The Morgan fingerprint density at radius 1 is 1.12 bits per heavy atom. The van der Waals surface area contributed by atoms with Crippen molar-refractivity contribution in [3.05, 3.63) is 59.2 Å². The summed E-state index contributed by atoms with van der Waals surface area (Å²) in [6.07, 6.45) is 0. The van der Waals surface area contributed by atoms with E-state index in [-0.39, 0.29) is 23.6 Å². The molecule has 0 aliphatic rings. The number of hydrogen-bond donors (Lipinski definition) is 1. The Bertz CT molecular complexity index is 861. The van der Waals surface area contributed by atoms with Gasteiger partial charge in [0.1, 0.15) is 12.4 Å². The summed E-state index contributed by atoms with van der Waals surface area (Å²) >= 11 is 0. The number of carbonyl (C=O) groups is 1. The number of benzene rings is 2. The third kappa shape index (κ3) is 4.58. The van der Waals surface area contributed by atoms with Crippen LogP contribution in [-0.2, 0) is 10.0 Å². The van der Waals surface area contributed by atoms with Crippen LogP contribution in [0.2, 0.25) is 0 Å². The number of sulfonamides is 1. The zero-order chi connectivity index (χ0) is 18.6. The molecule has 0 fully saturated rings. The van der Waals surface area contributed by atoms with Gasteiger partial charge in [-0.1, -0.05) is 23.8 Å². The smallest absolute Gasteiger partial charge is 0.249 e. The predicted molar refractivity (Wildman–Crippen MR) is 96.2 cm³/mol. The maximum absolute atomic E-state index is 12.6. The van der Waals surface area contributed by atoms with Crippen LogP contribution in [-0.4, -0.2) is 38.8 Å².